The Labute approximate surface area is 241 Å². The van der Waals surface area contributed by atoms with Gasteiger partial charge in [-0.1, -0.05) is 50.7 Å². The number of ether oxygens (including phenoxy) is 1. The Hall–Kier alpha value is -2.62. The molecule has 2 aliphatic rings. The van der Waals surface area contributed by atoms with Crippen molar-refractivity contribution < 1.29 is 4.74 Å². The van der Waals surface area contributed by atoms with Gasteiger partial charge in [-0.3, -0.25) is 14.0 Å². The van der Waals surface area contributed by atoms with Gasteiger partial charge in [0.2, 0.25) is 5.95 Å². The van der Waals surface area contributed by atoms with Crippen LogP contribution in [-0.2, 0) is 25.1 Å². The summed E-state index contributed by atoms with van der Waals surface area (Å²) in [4.78, 5) is 21.8. The van der Waals surface area contributed by atoms with Crippen LogP contribution in [0.3, 0.4) is 0 Å². The van der Waals surface area contributed by atoms with Crippen LogP contribution in [0.15, 0.2) is 29.3 Å². The minimum atomic E-state index is -1.23. The van der Waals surface area contributed by atoms with Crippen LogP contribution in [0.1, 0.15) is 39.5 Å². The molecule has 40 heavy (non-hydrogen) atoms. The van der Waals surface area contributed by atoms with E-state index in [9.17, 15) is 4.79 Å². The molecular formula is C30H41ClN6O2Si. The zero-order valence-corrected chi connectivity index (χ0v) is 26.3. The molecule has 2 aliphatic heterocycles. The number of rotatable bonds is 9. The number of aromatic nitrogens is 5. The summed E-state index contributed by atoms with van der Waals surface area (Å²) >= 11 is 7.01. The summed E-state index contributed by atoms with van der Waals surface area (Å²) in [5.41, 5.74) is 3.07. The fourth-order valence-corrected chi connectivity index (χ4v) is 7.79. The van der Waals surface area contributed by atoms with Gasteiger partial charge in [0.05, 0.1) is 15.9 Å². The molecule has 0 unspecified atom stereocenters. The molecule has 0 aliphatic carbocycles. The van der Waals surface area contributed by atoms with Crippen molar-refractivity contribution >= 4 is 47.6 Å². The van der Waals surface area contributed by atoms with Crippen molar-refractivity contribution in [2.75, 3.05) is 11.5 Å². The Balaban J connectivity index is 1.49. The number of anilines is 1. The van der Waals surface area contributed by atoms with Crippen molar-refractivity contribution in [2.45, 2.75) is 90.6 Å². The molecule has 2 bridgehead atoms. The second kappa shape index (κ2) is 10.3. The van der Waals surface area contributed by atoms with Crippen LogP contribution in [0.25, 0.3) is 33.1 Å². The number of fused-ring (bicyclic) bond motifs is 4. The molecule has 4 aromatic rings. The number of hydrogen-bond acceptors (Lipinski definition) is 5. The molecule has 2 fully saturated rings. The van der Waals surface area contributed by atoms with E-state index in [4.69, 9.17) is 21.3 Å². The molecule has 0 radical (unpaired) electrons. The molecule has 6 rings (SSSR count). The average molecular weight is 581 g/mol. The van der Waals surface area contributed by atoms with E-state index in [1.807, 2.05) is 40.8 Å². The normalized spacial score (nSPS) is 21.0. The molecule has 0 N–H and O–H groups in total. The standard InChI is InChI=1S/C30H41ClN6O2Si/c1-7-19-15-20-9-12-25(19)37(20)30-32-28-26(29(38)34(30)3)22(16-35(28)18-39-13-14-40(4,5)6)21-10-11-24-23(27(21)31)17-36(8-2)33-24/h10-11,16-17,19-20,25H,7-9,12-15,18H2,1-6H3/t19-,20+,25-/m1/s1. The molecular weight excluding hydrogens is 540 g/mol. The maximum atomic E-state index is 14.2. The van der Waals surface area contributed by atoms with Crippen molar-refractivity contribution in [1.29, 1.82) is 0 Å². The molecule has 0 amide bonds. The van der Waals surface area contributed by atoms with Crippen molar-refractivity contribution in [3.63, 3.8) is 0 Å². The molecule has 0 saturated carbocycles. The molecule has 214 valence electrons. The third kappa shape index (κ3) is 4.60. The lowest BCUT2D eigenvalue weighted by molar-refractivity contribution is 0.0899. The summed E-state index contributed by atoms with van der Waals surface area (Å²) in [5.74, 6) is 1.44. The fourth-order valence-electron chi connectivity index (χ4n) is 6.72. The molecule has 5 heterocycles. The lowest BCUT2D eigenvalue weighted by atomic mass is 9.87. The number of nitrogens with zero attached hydrogens (tertiary/aromatic N) is 6. The van der Waals surface area contributed by atoms with E-state index in [-0.39, 0.29) is 5.56 Å². The van der Waals surface area contributed by atoms with Crippen LogP contribution in [0.5, 0.6) is 0 Å². The lowest BCUT2D eigenvalue weighted by Gasteiger charge is -2.26. The minimum absolute atomic E-state index is 0.0457. The molecule has 2 saturated heterocycles. The predicted molar refractivity (Wildman–Crippen MR) is 166 cm³/mol. The van der Waals surface area contributed by atoms with Crippen LogP contribution in [0, 0.1) is 5.92 Å². The van der Waals surface area contributed by atoms with Crippen LogP contribution >= 0.6 is 11.6 Å². The topological polar surface area (TPSA) is 70.1 Å². The van der Waals surface area contributed by atoms with Gasteiger partial charge in [0.1, 0.15) is 6.73 Å². The SMILES string of the molecule is CC[C@@H]1C[C@@H]2CC[C@H]1N2c1nc2c(c(-c3ccc4nn(CC)cc4c3Cl)cn2COCC[Si](C)(C)C)c(=O)n1C. The van der Waals surface area contributed by atoms with Gasteiger partial charge in [0, 0.05) is 69.3 Å². The van der Waals surface area contributed by atoms with Crippen molar-refractivity contribution in [3.8, 4) is 11.1 Å². The maximum Gasteiger partial charge on any atom is 0.264 e. The number of aryl methyl sites for hydroxylation is 1. The molecule has 3 aromatic heterocycles. The summed E-state index contributed by atoms with van der Waals surface area (Å²) in [6.07, 6.45) is 8.66. The third-order valence-electron chi connectivity index (χ3n) is 9.01. The Kier molecular flexibility index (Phi) is 7.11. The van der Waals surface area contributed by atoms with Crippen LogP contribution in [0.4, 0.5) is 5.95 Å². The van der Waals surface area contributed by atoms with E-state index in [0.717, 1.165) is 47.0 Å². The summed E-state index contributed by atoms with van der Waals surface area (Å²) < 4.78 is 11.8. The first-order chi connectivity index (χ1) is 19.1. The Morgan fingerprint density at radius 2 is 1.93 bits per heavy atom. The second-order valence-electron chi connectivity index (χ2n) is 12.8. The first-order valence-corrected chi connectivity index (χ1v) is 18.8. The Morgan fingerprint density at radius 1 is 1.12 bits per heavy atom. The molecule has 3 atom stereocenters. The van der Waals surface area contributed by atoms with E-state index < -0.39 is 8.07 Å². The van der Waals surface area contributed by atoms with Crippen molar-refractivity contribution in [3.05, 3.63) is 39.9 Å². The lowest BCUT2D eigenvalue weighted by Crippen LogP contribution is -2.36. The summed E-state index contributed by atoms with van der Waals surface area (Å²) in [7, 11) is 0.637. The van der Waals surface area contributed by atoms with Crippen LogP contribution in [-0.4, -0.2) is 50.7 Å². The van der Waals surface area contributed by atoms with E-state index in [1.165, 1.54) is 19.3 Å². The number of halogens is 1. The first-order valence-electron chi connectivity index (χ1n) is 14.7. The average Bonchev–Trinajstić information content (AvgIpc) is 3.69. The van der Waals surface area contributed by atoms with Gasteiger partial charge in [-0.05, 0) is 44.2 Å². The monoisotopic (exact) mass is 580 g/mol. The van der Waals surface area contributed by atoms with Crippen LogP contribution in [0.2, 0.25) is 30.7 Å². The minimum Gasteiger partial charge on any atom is -0.361 e. The highest BCUT2D eigenvalue weighted by atomic mass is 35.5. The smallest absolute Gasteiger partial charge is 0.264 e. The van der Waals surface area contributed by atoms with E-state index in [0.29, 0.717) is 47.4 Å². The fraction of sp³-hybridized carbons (Fsp3) is 0.567. The zero-order chi connectivity index (χ0) is 28.3. The highest BCUT2D eigenvalue weighted by Gasteiger charge is 2.47. The first kappa shape index (κ1) is 27.5. The third-order valence-corrected chi connectivity index (χ3v) is 11.1. The van der Waals surface area contributed by atoms with Gasteiger partial charge in [-0.15, -0.1) is 0 Å². The summed E-state index contributed by atoms with van der Waals surface area (Å²) in [6, 6.07) is 5.94. The zero-order valence-electron chi connectivity index (χ0n) is 24.6. The van der Waals surface area contributed by atoms with Crippen LogP contribution < -0.4 is 10.5 Å². The largest absolute Gasteiger partial charge is 0.361 e. The quantitative estimate of drug-likeness (QED) is 0.167. The number of hydrogen-bond donors (Lipinski definition) is 0. The highest BCUT2D eigenvalue weighted by Crippen LogP contribution is 2.45. The van der Waals surface area contributed by atoms with Gasteiger partial charge in [-0.2, -0.15) is 10.1 Å². The second-order valence-corrected chi connectivity index (χ2v) is 18.8. The molecule has 0 spiro atoms. The van der Waals surface area contributed by atoms with Crippen molar-refractivity contribution in [1.82, 2.24) is 23.9 Å². The Morgan fingerprint density at radius 3 is 2.62 bits per heavy atom. The van der Waals surface area contributed by atoms with Gasteiger partial charge >= 0.3 is 0 Å². The van der Waals surface area contributed by atoms with Gasteiger partial charge in [0.25, 0.3) is 5.56 Å². The summed E-state index contributed by atoms with van der Waals surface area (Å²) in [6.45, 7) is 13.2. The van der Waals surface area contributed by atoms with E-state index in [1.54, 1.807) is 4.57 Å². The van der Waals surface area contributed by atoms with Gasteiger partial charge in [0.15, 0.2) is 5.65 Å². The van der Waals surface area contributed by atoms with Gasteiger partial charge < -0.3 is 14.2 Å². The Bertz CT molecular complexity index is 1630. The molecule has 8 nitrogen and oxygen atoms in total. The van der Waals surface area contributed by atoms with E-state index >= 15 is 0 Å². The highest BCUT2D eigenvalue weighted by molar-refractivity contribution is 6.76. The van der Waals surface area contributed by atoms with Crippen molar-refractivity contribution in [2.24, 2.45) is 13.0 Å². The summed E-state index contributed by atoms with van der Waals surface area (Å²) in [5, 5.41) is 6.68. The maximum absolute atomic E-state index is 14.2. The molecule has 10 heteroatoms. The predicted octanol–water partition coefficient (Wildman–Crippen LogP) is 6.50. The number of benzene rings is 1. The molecule has 1 aromatic carbocycles. The van der Waals surface area contributed by atoms with Gasteiger partial charge in [-0.25, -0.2) is 0 Å². The van der Waals surface area contributed by atoms with E-state index in [2.05, 4.69) is 43.5 Å².